The molecule has 0 amide bonds. The van der Waals surface area contributed by atoms with E-state index in [0.29, 0.717) is 5.92 Å². The molecule has 0 bridgehead atoms. The van der Waals surface area contributed by atoms with Crippen LogP contribution in [0.4, 0.5) is 0 Å². The molecule has 2 rings (SSSR count). The summed E-state index contributed by atoms with van der Waals surface area (Å²) in [4.78, 5) is 0. The zero-order valence-electron chi connectivity index (χ0n) is 14.3. The van der Waals surface area contributed by atoms with E-state index in [1.807, 2.05) is 12.1 Å². The standard InChI is InChI=1S/C20H32O2/c1-3-4-5-6-7-8-9-10-12-18(20(21)16-17(20)2)15-19-13-11-14-22-19/h11,13-15,17,21H,3-10,12,16H2,1-2H3/b18-15-/t17-,20-/m0/s1. The molecule has 0 spiro atoms. The maximum absolute atomic E-state index is 10.6. The van der Waals surface area contributed by atoms with E-state index in [1.54, 1.807) is 6.26 Å². The van der Waals surface area contributed by atoms with E-state index in [1.165, 1.54) is 56.9 Å². The quantitative estimate of drug-likeness (QED) is 0.511. The fraction of sp³-hybridized carbons (Fsp3) is 0.700. The van der Waals surface area contributed by atoms with E-state index in [-0.39, 0.29) is 0 Å². The highest BCUT2D eigenvalue weighted by molar-refractivity contribution is 5.52. The van der Waals surface area contributed by atoms with E-state index >= 15 is 0 Å². The van der Waals surface area contributed by atoms with Crippen LogP contribution in [0.15, 0.2) is 28.4 Å². The van der Waals surface area contributed by atoms with Gasteiger partial charge in [0.1, 0.15) is 5.76 Å². The van der Waals surface area contributed by atoms with Gasteiger partial charge < -0.3 is 9.52 Å². The molecule has 0 unspecified atom stereocenters. The lowest BCUT2D eigenvalue weighted by Gasteiger charge is -2.14. The monoisotopic (exact) mass is 304 g/mol. The highest BCUT2D eigenvalue weighted by Gasteiger charge is 2.51. The number of hydrogen-bond acceptors (Lipinski definition) is 2. The summed E-state index contributed by atoms with van der Waals surface area (Å²) in [5.41, 5.74) is 0.606. The zero-order chi connectivity index (χ0) is 15.8. The Morgan fingerprint density at radius 3 is 2.41 bits per heavy atom. The molecule has 1 aliphatic carbocycles. The molecule has 0 aromatic carbocycles. The number of furan rings is 1. The molecule has 124 valence electrons. The molecule has 1 aromatic heterocycles. The summed E-state index contributed by atoms with van der Waals surface area (Å²) in [5, 5.41) is 10.6. The van der Waals surface area contributed by atoms with E-state index in [4.69, 9.17) is 4.42 Å². The van der Waals surface area contributed by atoms with Crippen LogP contribution in [-0.2, 0) is 0 Å². The molecule has 1 aliphatic rings. The van der Waals surface area contributed by atoms with Gasteiger partial charge in [-0.2, -0.15) is 0 Å². The summed E-state index contributed by atoms with van der Waals surface area (Å²) in [7, 11) is 0. The van der Waals surface area contributed by atoms with Crippen molar-refractivity contribution < 1.29 is 9.52 Å². The van der Waals surface area contributed by atoms with Crippen molar-refractivity contribution >= 4 is 6.08 Å². The normalized spacial score (nSPS) is 24.7. The van der Waals surface area contributed by atoms with Crippen molar-refractivity contribution in [2.75, 3.05) is 0 Å². The Labute approximate surface area is 135 Å². The first kappa shape index (κ1) is 17.3. The van der Waals surface area contributed by atoms with E-state index in [9.17, 15) is 5.11 Å². The lowest BCUT2D eigenvalue weighted by Crippen LogP contribution is -2.14. The van der Waals surface area contributed by atoms with Gasteiger partial charge in [0.2, 0.25) is 0 Å². The molecule has 0 radical (unpaired) electrons. The summed E-state index contributed by atoms with van der Waals surface area (Å²) < 4.78 is 5.42. The Bertz CT molecular complexity index is 446. The molecule has 0 aliphatic heterocycles. The van der Waals surface area contributed by atoms with Gasteiger partial charge >= 0.3 is 0 Å². The highest BCUT2D eigenvalue weighted by atomic mass is 16.3. The number of rotatable bonds is 11. The van der Waals surface area contributed by atoms with Gasteiger partial charge in [-0.05, 0) is 49.0 Å². The Hall–Kier alpha value is -1.02. The van der Waals surface area contributed by atoms with E-state index < -0.39 is 5.60 Å². The number of aliphatic hydroxyl groups is 1. The van der Waals surface area contributed by atoms with Crippen LogP contribution in [0.3, 0.4) is 0 Å². The van der Waals surface area contributed by atoms with Crippen LogP contribution in [-0.4, -0.2) is 10.7 Å². The van der Waals surface area contributed by atoms with Crippen molar-refractivity contribution in [3.63, 3.8) is 0 Å². The van der Waals surface area contributed by atoms with Gasteiger partial charge in [-0.3, -0.25) is 0 Å². The van der Waals surface area contributed by atoms with Crippen molar-refractivity contribution in [1.82, 2.24) is 0 Å². The van der Waals surface area contributed by atoms with Gasteiger partial charge in [-0.15, -0.1) is 0 Å². The van der Waals surface area contributed by atoms with Crippen LogP contribution in [0.1, 0.15) is 83.8 Å². The summed E-state index contributed by atoms with van der Waals surface area (Å²) >= 11 is 0. The molecule has 2 atom stereocenters. The van der Waals surface area contributed by atoms with Crippen molar-refractivity contribution in [1.29, 1.82) is 0 Å². The molecule has 1 heterocycles. The van der Waals surface area contributed by atoms with Gasteiger partial charge in [0, 0.05) is 0 Å². The first-order valence-electron chi connectivity index (χ1n) is 9.13. The smallest absolute Gasteiger partial charge is 0.126 e. The van der Waals surface area contributed by atoms with Crippen molar-refractivity contribution in [3.05, 3.63) is 29.7 Å². The van der Waals surface area contributed by atoms with Crippen molar-refractivity contribution in [2.24, 2.45) is 5.92 Å². The summed E-state index contributed by atoms with van der Waals surface area (Å²) in [6.07, 6.45) is 16.2. The van der Waals surface area contributed by atoms with Crippen LogP contribution < -0.4 is 0 Å². The number of hydrogen-bond donors (Lipinski definition) is 1. The van der Waals surface area contributed by atoms with Crippen LogP contribution in [0.5, 0.6) is 0 Å². The maximum Gasteiger partial charge on any atom is 0.126 e. The molecule has 22 heavy (non-hydrogen) atoms. The third-order valence-corrected chi connectivity index (χ3v) is 4.99. The van der Waals surface area contributed by atoms with Gasteiger partial charge in [0.25, 0.3) is 0 Å². The SMILES string of the molecule is CCCCCCCCCC/C(=C/c1ccco1)[C@]1(O)C[C@@H]1C. The Balaban J connectivity index is 1.72. The number of unbranched alkanes of at least 4 members (excludes halogenated alkanes) is 7. The predicted octanol–water partition coefficient (Wildman–Crippen LogP) is 5.96. The van der Waals surface area contributed by atoms with Gasteiger partial charge in [0.05, 0.1) is 11.9 Å². The van der Waals surface area contributed by atoms with Crippen LogP contribution in [0.25, 0.3) is 6.08 Å². The van der Waals surface area contributed by atoms with Crippen LogP contribution >= 0.6 is 0 Å². The van der Waals surface area contributed by atoms with Gasteiger partial charge in [-0.25, -0.2) is 0 Å². The third-order valence-electron chi connectivity index (χ3n) is 4.99. The predicted molar refractivity (Wildman–Crippen MR) is 92.6 cm³/mol. The fourth-order valence-corrected chi connectivity index (χ4v) is 3.26. The second kappa shape index (κ2) is 8.57. The molecule has 0 saturated heterocycles. The second-order valence-electron chi connectivity index (χ2n) is 6.94. The maximum atomic E-state index is 10.6. The summed E-state index contributed by atoms with van der Waals surface area (Å²) in [6.45, 7) is 4.39. The van der Waals surface area contributed by atoms with Gasteiger partial charge in [0.15, 0.2) is 0 Å². The molecular formula is C20H32O2. The lowest BCUT2D eigenvalue weighted by molar-refractivity contribution is 0.169. The fourth-order valence-electron chi connectivity index (χ4n) is 3.26. The third kappa shape index (κ3) is 5.01. The minimum absolute atomic E-state index is 0.391. The molecule has 1 aromatic rings. The molecular weight excluding hydrogens is 272 g/mol. The molecule has 1 fully saturated rings. The van der Waals surface area contributed by atoms with Gasteiger partial charge in [-0.1, -0.05) is 58.8 Å². The summed E-state index contributed by atoms with van der Waals surface area (Å²) in [6, 6.07) is 3.87. The highest BCUT2D eigenvalue weighted by Crippen LogP contribution is 2.50. The zero-order valence-corrected chi connectivity index (χ0v) is 14.3. The second-order valence-corrected chi connectivity index (χ2v) is 6.94. The molecule has 1 saturated carbocycles. The minimum Gasteiger partial charge on any atom is -0.465 e. The molecule has 2 heteroatoms. The largest absolute Gasteiger partial charge is 0.465 e. The van der Waals surface area contributed by atoms with Crippen molar-refractivity contribution in [2.45, 2.75) is 83.7 Å². The van der Waals surface area contributed by atoms with Crippen LogP contribution in [0, 0.1) is 5.92 Å². The lowest BCUT2D eigenvalue weighted by atomic mass is 9.97. The Morgan fingerprint density at radius 1 is 1.23 bits per heavy atom. The topological polar surface area (TPSA) is 33.4 Å². The van der Waals surface area contributed by atoms with E-state index in [2.05, 4.69) is 19.9 Å². The van der Waals surface area contributed by atoms with Crippen LogP contribution in [0.2, 0.25) is 0 Å². The first-order valence-corrected chi connectivity index (χ1v) is 9.13. The Morgan fingerprint density at radius 2 is 1.86 bits per heavy atom. The summed E-state index contributed by atoms with van der Waals surface area (Å²) in [5.74, 6) is 1.25. The first-order chi connectivity index (χ1) is 10.7. The van der Waals surface area contributed by atoms with Crippen molar-refractivity contribution in [3.8, 4) is 0 Å². The minimum atomic E-state index is -0.562. The average molecular weight is 304 g/mol. The molecule has 1 N–H and O–H groups in total. The molecule has 2 nitrogen and oxygen atoms in total. The Kier molecular flexibility index (Phi) is 6.75. The van der Waals surface area contributed by atoms with E-state index in [0.717, 1.165) is 18.6 Å². The average Bonchev–Trinajstić information content (AvgIpc) is 2.92.